The number of hydrogen-bond acceptors (Lipinski definition) is 3. The Hall–Kier alpha value is -0.120. The van der Waals surface area contributed by atoms with Gasteiger partial charge in [0.25, 0.3) is 0 Å². The third kappa shape index (κ3) is 4.94. The normalized spacial score (nSPS) is 24.0. The first kappa shape index (κ1) is 12.0. The maximum absolute atomic E-state index is 5.55. The second kappa shape index (κ2) is 7.21. The Labute approximate surface area is 87.2 Å². The average Bonchev–Trinajstić information content (AvgIpc) is 2.67. The van der Waals surface area contributed by atoms with Gasteiger partial charge in [-0.05, 0) is 39.2 Å². The second-order valence-corrected chi connectivity index (χ2v) is 4.06. The van der Waals surface area contributed by atoms with Crippen LogP contribution in [0.5, 0.6) is 0 Å². The quantitative estimate of drug-likeness (QED) is 0.678. The number of nitrogens with one attached hydrogen (secondary N) is 1. The molecule has 2 atom stereocenters. The minimum atomic E-state index is 0.511. The van der Waals surface area contributed by atoms with E-state index in [0.29, 0.717) is 12.1 Å². The molecular weight excluding hydrogens is 178 g/mol. The van der Waals surface area contributed by atoms with Gasteiger partial charge < -0.3 is 14.8 Å². The van der Waals surface area contributed by atoms with Crippen LogP contribution in [-0.2, 0) is 9.47 Å². The van der Waals surface area contributed by atoms with E-state index in [1.165, 1.54) is 12.8 Å². The fourth-order valence-corrected chi connectivity index (χ4v) is 1.76. The van der Waals surface area contributed by atoms with Gasteiger partial charge in [0.05, 0.1) is 6.10 Å². The van der Waals surface area contributed by atoms with Crippen LogP contribution in [0.4, 0.5) is 0 Å². The molecule has 0 aromatic carbocycles. The van der Waals surface area contributed by atoms with Gasteiger partial charge in [-0.1, -0.05) is 0 Å². The van der Waals surface area contributed by atoms with Crippen molar-refractivity contribution in [2.45, 2.75) is 44.8 Å². The minimum absolute atomic E-state index is 0.511. The highest BCUT2D eigenvalue weighted by atomic mass is 16.5. The van der Waals surface area contributed by atoms with Crippen LogP contribution >= 0.6 is 0 Å². The Morgan fingerprint density at radius 2 is 2.43 bits per heavy atom. The van der Waals surface area contributed by atoms with Crippen LogP contribution in [0, 0.1) is 0 Å². The maximum atomic E-state index is 5.55. The Bertz CT molecular complexity index is 135. The van der Waals surface area contributed by atoms with Crippen LogP contribution in [0.2, 0.25) is 0 Å². The lowest BCUT2D eigenvalue weighted by Gasteiger charge is -2.15. The zero-order chi connectivity index (χ0) is 10.2. The van der Waals surface area contributed by atoms with E-state index in [1.807, 2.05) is 0 Å². The smallest absolute Gasteiger partial charge is 0.0588 e. The lowest BCUT2D eigenvalue weighted by Crippen LogP contribution is -2.30. The molecule has 0 bridgehead atoms. The Morgan fingerprint density at radius 1 is 1.57 bits per heavy atom. The van der Waals surface area contributed by atoms with Gasteiger partial charge in [-0.2, -0.15) is 0 Å². The third-order valence-corrected chi connectivity index (χ3v) is 2.74. The molecule has 2 unspecified atom stereocenters. The van der Waals surface area contributed by atoms with Crippen LogP contribution in [0.15, 0.2) is 0 Å². The number of methoxy groups -OCH3 is 1. The van der Waals surface area contributed by atoms with E-state index in [2.05, 4.69) is 12.2 Å². The third-order valence-electron chi connectivity index (χ3n) is 2.74. The Morgan fingerprint density at radius 3 is 3.07 bits per heavy atom. The van der Waals surface area contributed by atoms with Crippen LogP contribution in [0.3, 0.4) is 0 Å². The summed E-state index contributed by atoms with van der Waals surface area (Å²) < 4.78 is 10.6. The molecule has 1 aliphatic rings. The molecule has 84 valence electrons. The van der Waals surface area contributed by atoms with Gasteiger partial charge >= 0.3 is 0 Å². The monoisotopic (exact) mass is 201 g/mol. The first-order valence-electron chi connectivity index (χ1n) is 5.67. The summed E-state index contributed by atoms with van der Waals surface area (Å²) in [5.74, 6) is 0. The summed E-state index contributed by atoms with van der Waals surface area (Å²) in [4.78, 5) is 0. The van der Waals surface area contributed by atoms with Gasteiger partial charge in [0.2, 0.25) is 0 Å². The highest BCUT2D eigenvalue weighted by molar-refractivity contribution is 4.68. The van der Waals surface area contributed by atoms with Crippen molar-refractivity contribution in [3.63, 3.8) is 0 Å². The van der Waals surface area contributed by atoms with E-state index in [0.717, 1.165) is 32.6 Å². The minimum Gasteiger partial charge on any atom is -0.385 e. The van der Waals surface area contributed by atoms with E-state index in [4.69, 9.17) is 9.47 Å². The van der Waals surface area contributed by atoms with Crippen molar-refractivity contribution >= 4 is 0 Å². The summed E-state index contributed by atoms with van der Waals surface area (Å²) in [5, 5.41) is 3.48. The van der Waals surface area contributed by atoms with Crippen molar-refractivity contribution in [3.05, 3.63) is 0 Å². The second-order valence-electron chi connectivity index (χ2n) is 4.06. The zero-order valence-electron chi connectivity index (χ0n) is 9.42. The molecule has 0 aliphatic carbocycles. The molecule has 1 heterocycles. The molecule has 0 aromatic heterocycles. The maximum Gasteiger partial charge on any atom is 0.0588 e. The molecule has 0 spiro atoms. The van der Waals surface area contributed by atoms with E-state index >= 15 is 0 Å². The SMILES string of the molecule is COCCC(C)NCCC1CCCO1. The highest BCUT2D eigenvalue weighted by Gasteiger charge is 2.14. The van der Waals surface area contributed by atoms with Gasteiger partial charge in [0.15, 0.2) is 0 Å². The van der Waals surface area contributed by atoms with Crippen molar-refractivity contribution in [3.8, 4) is 0 Å². The molecule has 1 rings (SSSR count). The molecular formula is C11H23NO2. The molecule has 3 heteroatoms. The van der Waals surface area contributed by atoms with Crippen LogP contribution in [-0.4, -0.2) is 39.0 Å². The van der Waals surface area contributed by atoms with E-state index < -0.39 is 0 Å². The van der Waals surface area contributed by atoms with Gasteiger partial charge in [-0.15, -0.1) is 0 Å². The molecule has 0 radical (unpaired) electrons. The van der Waals surface area contributed by atoms with E-state index in [9.17, 15) is 0 Å². The summed E-state index contributed by atoms with van der Waals surface area (Å²) in [6.07, 6.45) is 5.23. The molecule has 1 N–H and O–H groups in total. The predicted octanol–water partition coefficient (Wildman–Crippen LogP) is 1.57. The number of hydrogen-bond donors (Lipinski definition) is 1. The first-order valence-corrected chi connectivity index (χ1v) is 5.67. The van der Waals surface area contributed by atoms with Crippen molar-refractivity contribution in [1.29, 1.82) is 0 Å². The van der Waals surface area contributed by atoms with Crippen molar-refractivity contribution in [2.75, 3.05) is 26.9 Å². The lowest BCUT2D eigenvalue weighted by atomic mass is 10.1. The molecule has 0 saturated carbocycles. The summed E-state index contributed by atoms with van der Waals surface area (Å²) in [6.45, 7) is 5.07. The van der Waals surface area contributed by atoms with Gasteiger partial charge in [-0.3, -0.25) is 0 Å². The van der Waals surface area contributed by atoms with Crippen molar-refractivity contribution < 1.29 is 9.47 Å². The lowest BCUT2D eigenvalue weighted by molar-refractivity contribution is 0.103. The van der Waals surface area contributed by atoms with Gasteiger partial charge in [0.1, 0.15) is 0 Å². The predicted molar refractivity (Wildman–Crippen MR) is 57.5 cm³/mol. The van der Waals surface area contributed by atoms with E-state index in [-0.39, 0.29) is 0 Å². The van der Waals surface area contributed by atoms with Crippen molar-refractivity contribution in [2.24, 2.45) is 0 Å². The fraction of sp³-hybridized carbons (Fsp3) is 1.00. The summed E-state index contributed by atoms with van der Waals surface area (Å²) in [5.41, 5.74) is 0. The van der Waals surface area contributed by atoms with Gasteiger partial charge in [-0.25, -0.2) is 0 Å². The summed E-state index contributed by atoms with van der Waals surface area (Å²) >= 11 is 0. The molecule has 0 amide bonds. The zero-order valence-corrected chi connectivity index (χ0v) is 9.42. The Balaban J connectivity index is 1.91. The molecule has 1 aliphatic heterocycles. The highest BCUT2D eigenvalue weighted by Crippen LogP contribution is 2.14. The largest absolute Gasteiger partial charge is 0.385 e. The van der Waals surface area contributed by atoms with Crippen LogP contribution < -0.4 is 5.32 Å². The van der Waals surface area contributed by atoms with Crippen LogP contribution in [0.1, 0.15) is 32.6 Å². The van der Waals surface area contributed by atoms with Crippen LogP contribution in [0.25, 0.3) is 0 Å². The number of ether oxygens (including phenoxy) is 2. The van der Waals surface area contributed by atoms with Gasteiger partial charge in [0, 0.05) is 26.4 Å². The molecule has 1 saturated heterocycles. The Kier molecular flexibility index (Phi) is 6.15. The van der Waals surface area contributed by atoms with E-state index in [1.54, 1.807) is 7.11 Å². The summed E-state index contributed by atoms with van der Waals surface area (Å²) in [6, 6.07) is 0.552. The standard InChI is InChI=1S/C11H23NO2/c1-10(6-9-13-2)12-7-5-11-4-3-8-14-11/h10-12H,3-9H2,1-2H3. The first-order chi connectivity index (χ1) is 6.83. The molecule has 1 fully saturated rings. The molecule has 3 nitrogen and oxygen atoms in total. The van der Waals surface area contributed by atoms with Crippen molar-refractivity contribution in [1.82, 2.24) is 5.32 Å². The molecule has 0 aromatic rings. The fourth-order valence-electron chi connectivity index (χ4n) is 1.76. The number of rotatable bonds is 7. The summed E-state index contributed by atoms with van der Waals surface area (Å²) in [7, 11) is 1.75. The molecule has 14 heavy (non-hydrogen) atoms. The topological polar surface area (TPSA) is 30.5 Å². The average molecular weight is 201 g/mol.